The number of pyridine rings is 1. The van der Waals surface area contributed by atoms with Crippen molar-refractivity contribution in [3.05, 3.63) is 71.0 Å². The zero-order valence-corrected chi connectivity index (χ0v) is 16.0. The van der Waals surface area contributed by atoms with Crippen molar-refractivity contribution >= 4 is 28.9 Å². The Kier molecular flexibility index (Phi) is 4.74. The highest BCUT2D eigenvalue weighted by Crippen LogP contribution is 2.32. The van der Waals surface area contributed by atoms with Crippen LogP contribution in [0.4, 0.5) is 16.0 Å². The van der Waals surface area contributed by atoms with Gasteiger partial charge in [-0.15, -0.1) is 0 Å². The summed E-state index contributed by atoms with van der Waals surface area (Å²) in [6, 6.07) is 11.8. The van der Waals surface area contributed by atoms with Crippen molar-refractivity contribution < 1.29 is 4.39 Å². The van der Waals surface area contributed by atoms with Crippen molar-refractivity contribution in [3.63, 3.8) is 0 Å². The molecular formula is C20H15ClFN7. The Morgan fingerprint density at radius 1 is 1.21 bits per heavy atom. The van der Waals surface area contributed by atoms with E-state index in [1.165, 1.54) is 18.6 Å². The summed E-state index contributed by atoms with van der Waals surface area (Å²) >= 11 is 6.02. The van der Waals surface area contributed by atoms with Gasteiger partial charge in [0, 0.05) is 16.8 Å². The van der Waals surface area contributed by atoms with Gasteiger partial charge in [0.15, 0.2) is 0 Å². The lowest BCUT2D eigenvalue weighted by molar-refractivity contribution is 0.619. The molecule has 4 aromatic rings. The molecule has 0 aliphatic heterocycles. The molecule has 1 aromatic carbocycles. The van der Waals surface area contributed by atoms with Crippen molar-refractivity contribution in [3.8, 4) is 17.3 Å². The maximum Gasteiger partial charge on any atom is 0.150 e. The zero-order valence-electron chi connectivity index (χ0n) is 15.3. The van der Waals surface area contributed by atoms with Crippen LogP contribution in [0, 0.1) is 17.1 Å². The first kappa shape index (κ1) is 18.7. The van der Waals surface area contributed by atoms with Gasteiger partial charge in [0.1, 0.15) is 41.1 Å². The van der Waals surface area contributed by atoms with Crippen molar-refractivity contribution in [1.82, 2.24) is 19.4 Å². The fourth-order valence-electron chi connectivity index (χ4n) is 3.13. The fourth-order valence-corrected chi connectivity index (χ4v) is 3.25. The normalized spacial score (nSPS) is 11.9. The van der Waals surface area contributed by atoms with E-state index in [1.54, 1.807) is 22.6 Å². The molecular weight excluding hydrogens is 393 g/mol. The van der Waals surface area contributed by atoms with Crippen LogP contribution in [0.3, 0.4) is 0 Å². The SMILES string of the molecule is C[C@H](Nc1ncnc(N)c1C#N)c1nc2ccc(F)cn2c1-c1ccc(Cl)cc1. The monoisotopic (exact) mass is 407 g/mol. The molecule has 3 heterocycles. The molecule has 0 aliphatic carbocycles. The molecule has 0 saturated heterocycles. The Morgan fingerprint density at radius 3 is 2.69 bits per heavy atom. The smallest absolute Gasteiger partial charge is 0.150 e. The highest BCUT2D eigenvalue weighted by molar-refractivity contribution is 6.30. The molecule has 144 valence electrons. The summed E-state index contributed by atoms with van der Waals surface area (Å²) in [5.74, 6) is 0.0117. The Bertz CT molecular complexity index is 1240. The number of rotatable bonds is 4. The quantitative estimate of drug-likeness (QED) is 0.525. The van der Waals surface area contributed by atoms with Crippen LogP contribution >= 0.6 is 11.6 Å². The molecule has 3 N–H and O–H groups in total. The lowest BCUT2D eigenvalue weighted by Crippen LogP contribution is -2.12. The number of nitrogen functional groups attached to an aromatic ring is 1. The minimum Gasteiger partial charge on any atom is -0.382 e. The van der Waals surface area contributed by atoms with Crippen LogP contribution in [0.15, 0.2) is 48.9 Å². The minimum absolute atomic E-state index is 0.0900. The summed E-state index contributed by atoms with van der Waals surface area (Å²) in [5.41, 5.74) is 8.69. The Labute approximate surface area is 170 Å². The largest absolute Gasteiger partial charge is 0.382 e. The third-order valence-electron chi connectivity index (χ3n) is 4.48. The van der Waals surface area contributed by atoms with Crippen molar-refractivity contribution in [1.29, 1.82) is 5.26 Å². The Balaban J connectivity index is 1.85. The predicted octanol–water partition coefficient (Wildman–Crippen LogP) is 4.21. The van der Waals surface area contributed by atoms with E-state index < -0.39 is 0 Å². The summed E-state index contributed by atoms with van der Waals surface area (Å²) in [4.78, 5) is 12.6. The van der Waals surface area contributed by atoms with Crippen LogP contribution in [-0.2, 0) is 0 Å². The third kappa shape index (κ3) is 3.44. The van der Waals surface area contributed by atoms with E-state index in [1.807, 2.05) is 25.1 Å². The minimum atomic E-state index is -0.382. The summed E-state index contributed by atoms with van der Waals surface area (Å²) in [5, 5.41) is 13.1. The van der Waals surface area contributed by atoms with Crippen LogP contribution in [0.1, 0.15) is 24.2 Å². The van der Waals surface area contributed by atoms with Gasteiger partial charge in [-0.25, -0.2) is 19.3 Å². The molecule has 0 spiro atoms. The van der Waals surface area contributed by atoms with Crippen molar-refractivity contribution in [2.24, 2.45) is 0 Å². The average molecular weight is 408 g/mol. The van der Waals surface area contributed by atoms with Gasteiger partial charge in [0.05, 0.1) is 17.4 Å². The second-order valence-corrected chi connectivity index (χ2v) is 6.82. The molecule has 9 heteroatoms. The maximum absolute atomic E-state index is 13.9. The highest BCUT2D eigenvalue weighted by atomic mass is 35.5. The second kappa shape index (κ2) is 7.37. The van der Waals surface area contributed by atoms with Gasteiger partial charge < -0.3 is 11.1 Å². The summed E-state index contributed by atoms with van der Waals surface area (Å²) < 4.78 is 15.6. The number of halogens is 2. The lowest BCUT2D eigenvalue weighted by atomic mass is 10.1. The van der Waals surface area contributed by atoms with Crippen molar-refractivity contribution in [2.45, 2.75) is 13.0 Å². The summed E-state index contributed by atoms with van der Waals surface area (Å²) in [7, 11) is 0. The van der Waals surface area contributed by atoms with E-state index in [0.717, 1.165) is 5.56 Å². The number of imidazole rings is 1. The molecule has 4 rings (SSSR count). The number of aromatic nitrogens is 4. The van der Waals surface area contributed by atoms with Gasteiger partial charge in [-0.3, -0.25) is 4.40 Å². The van der Waals surface area contributed by atoms with E-state index in [-0.39, 0.29) is 23.2 Å². The first-order valence-electron chi connectivity index (χ1n) is 8.68. The molecule has 0 unspecified atom stereocenters. The summed E-state index contributed by atoms with van der Waals surface area (Å²) in [6.07, 6.45) is 2.66. The number of nitrogens with one attached hydrogen (secondary N) is 1. The van der Waals surface area contributed by atoms with E-state index in [2.05, 4.69) is 20.3 Å². The number of nitrogens with zero attached hydrogens (tertiary/aromatic N) is 5. The maximum atomic E-state index is 13.9. The van der Waals surface area contributed by atoms with Gasteiger partial charge in [-0.2, -0.15) is 5.26 Å². The van der Waals surface area contributed by atoms with Crippen LogP contribution in [-0.4, -0.2) is 19.4 Å². The standard InChI is InChI=1S/C20H15ClFN7/c1-11(27-20-15(8-23)19(24)25-10-26-20)17-18(12-2-4-13(21)5-3-12)29-9-14(22)6-7-16(29)28-17/h2-7,9-11H,1H3,(H3,24,25,26,27)/t11-/m0/s1. The number of nitrogens with two attached hydrogens (primary N) is 1. The molecule has 0 radical (unpaired) electrons. The molecule has 1 atom stereocenters. The van der Waals surface area contributed by atoms with E-state index in [4.69, 9.17) is 17.3 Å². The number of hydrogen-bond acceptors (Lipinski definition) is 6. The molecule has 7 nitrogen and oxygen atoms in total. The summed E-state index contributed by atoms with van der Waals surface area (Å²) in [6.45, 7) is 1.87. The fraction of sp³-hybridized carbons (Fsp3) is 0.100. The van der Waals surface area contributed by atoms with Crippen LogP contribution in [0.2, 0.25) is 5.02 Å². The van der Waals surface area contributed by atoms with Gasteiger partial charge >= 0.3 is 0 Å². The van der Waals surface area contributed by atoms with Crippen molar-refractivity contribution in [2.75, 3.05) is 11.1 Å². The van der Waals surface area contributed by atoms with Gasteiger partial charge in [-0.1, -0.05) is 23.7 Å². The number of benzene rings is 1. The van der Waals surface area contributed by atoms with E-state index >= 15 is 0 Å². The first-order valence-corrected chi connectivity index (χ1v) is 9.06. The predicted molar refractivity (Wildman–Crippen MR) is 109 cm³/mol. The lowest BCUT2D eigenvalue weighted by Gasteiger charge is -2.16. The highest BCUT2D eigenvalue weighted by Gasteiger charge is 2.21. The van der Waals surface area contributed by atoms with Gasteiger partial charge in [0.2, 0.25) is 0 Å². The number of nitriles is 1. The topological polar surface area (TPSA) is 105 Å². The molecule has 0 amide bonds. The molecule has 3 aromatic heterocycles. The zero-order chi connectivity index (χ0) is 20.5. The molecule has 0 bridgehead atoms. The van der Waals surface area contributed by atoms with Crippen LogP contribution in [0.5, 0.6) is 0 Å². The number of fused-ring (bicyclic) bond motifs is 1. The van der Waals surface area contributed by atoms with E-state index in [0.29, 0.717) is 27.9 Å². The molecule has 0 aliphatic rings. The van der Waals surface area contributed by atoms with Gasteiger partial charge in [0.25, 0.3) is 0 Å². The number of hydrogen-bond donors (Lipinski definition) is 2. The molecule has 29 heavy (non-hydrogen) atoms. The molecule has 0 saturated carbocycles. The third-order valence-corrected chi connectivity index (χ3v) is 4.73. The number of anilines is 2. The average Bonchev–Trinajstić information content (AvgIpc) is 3.07. The Morgan fingerprint density at radius 2 is 1.97 bits per heavy atom. The van der Waals surface area contributed by atoms with E-state index in [9.17, 15) is 9.65 Å². The first-order chi connectivity index (χ1) is 14.0. The van der Waals surface area contributed by atoms with Crippen LogP contribution < -0.4 is 11.1 Å². The second-order valence-electron chi connectivity index (χ2n) is 6.39. The van der Waals surface area contributed by atoms with Gasteiger partial charge in [-0.05, 0) is 31.2 Å². The Hall–Kier alpha value is -3.70. The van der Waals surface area contributed by atoms with Crippen LogP contribution in [0.25, 0.3) is 16.9 Å². The molecule has 0 fully saturated rings.